The molecular weight excluding hydrogens is 346 g/mol. The maximum atomic E-state index is 13.6. The van der Waals surface area contributed by atoms with Gasteiger partial charge < -0.3 is 9.84 Å². The Balaban J connectivity index is 1.84. The Hall–Kier alpha value is -2.77. The zero-order chi connectivity index (χ0) is 18.7. The highest BCUT2D eigenvalue weighted by atomic mass is 19.1. The van der Waals surface area contributed by atoms with Crippen LogP contribution in [0.3, 0.4) is 0 Å². The third kappa shape index (κ3) is 3.89. The molecule has 1 unspecified atom stereocenters. The molecule has 1 atom stereocenters. The Labute approximate surface area is 148 Å². The van der Waals surface area contributed by atoms with Crippen LogP contribution in [0.25, 0.3) is 0 Å². The molecule has 2 aromatic rings. The Kier molecular flexibility index (Phi) is 5.29. The van der Waals surface area contributed by atoms with Crippen LogP contribution in [0.2, 0.25) is 0 Å². The predicted molar refractivity (Wildman–Crippen MR) is 88.2 cm³/mol. The number of carboxylic acids is 1. The Bertz CT molecular complexity index is 842. The lowest BCUT2D eigenvalue weighted by Crippen LogP contribution is -2.32. The number of aromatic nitrogens is 2. The van der Waals surface area contributed by atoms with Gasteiger partial charge in [-0.15, -0.1) is 0 Å². The summed E-state index contributed by atoms with van der Waals surface area (Å²) in [6.45, 7) is 0. The molecule has 0 bridgehead atoms. The first-order valence-electron chi connectivity index (χ1n) is 8.39. The van der Waals surface area contributed by atoms with Crippen molar-refractivity contribution < 1.29 is 23.4 Å². The number of carboxylic acid groups (broad SMARTS) is 1. The lowest BCUT2D eigenvalue weighted by atomic mass is 9.98. The van der Waals surface area contributed by atoms with E-state index in [1.54, 1.807) is 0 Å². The minimum Gasteiger partial charge on any atom is -0.480 e. The van der Waals surface area contributed by atoms with E-state index in [0.717, 1.165) is 54.8 Å². The fourth-order valence-electron chi connectivity index (χ4n) is 3.26. The van der Waals surface area contributed by atoms with E-state index in [4.69, 9.17) is 4.74 Å². The smallest absolute Gasteiger partial charge is 0.328 e. The number of benzene rings is 1. The van der Waals surface area contributed by atoms with Gasteiger partial charge in [0.05, 0.1) is 6.20 Å². The van der Waals surface area contributed by atoms with Gasteiger partial charge in [0, 0.05) is 6.07 Å². The van der Waals surface area contributed by atoms with Crippen LogP contribution < -0.4 is 10.3 Å². The van der Waals surface area contributed by atoms with Crippen LogP contribution in [-0.4, -0.2) is 20.9 Å². The van der Waals surface area contributed by atoms with Gasteiger partial charge in [0.2, 0.25) is 0 Å². The highest BCUT2D eigenvalue weighted by molar-refractivity contribution is 5.71. The van der Waals surface area contributed by atoms with E-state index in [1.807, 2.05) is 0 Å². The van der Waals surface area contributed by atoms with Gasteiger partial charge in [0.1, 0.15) is 0 Å². The highest BCUT2D eigenvalue weighted by Gasteiger charge is 2.28. The molecule has 1 saturated carbocycles. The van der Waals surface area contributed by atoms with Crippen molar-refractivity contribution >= 4 is 5.97 Å². The van der Waals surface area contributed by atoms with Crippen LogP contribution in [0.1, 0.15) is 38.1 Å². The summed E-state index contributed by atoms with van der Waals surface area (Å²) in [5.74, 6) is -3.54. The highest BCUT2D eigenvalue weighted by Crippen LogP contribution is 2.32. The molecule has 0 spiro atoms. The largest absolute Gasteiger partial charge is 0.480 e. The van der Waals surface area contributed by atoms with Gasteiger partial charge in [0.15, 0.2) is 29.2 Å². The van der Waals surface area contributed by atoms with Crippen LogP contribution in [0.4, 0.5) is 8.78 Å². The van der Waals surface area contributed by atoms with Gasteiger partial charge in [0.25, 0.3) is 5.56 Å². The topological polar surface area (TPSA) is 81.4 Å². The summed E-state index contributed by atoms with van der Waals surface area (Å²) < 4.78 is 33.2. The van der Waals surface area contributed by atoms with Crippen molar-refractivity contribution in [3.05, 3.63) is 52.5 Å². The van der Waals surface area contributed by atoms with Gasteiger partial charge in [-0.2, -0.15) is 5.10 Å². The van der Waals surface area contributed by atoms with Crippen molar-refractivity contribution in [3.8, 4) is 11.5 Å². The molecular formula is C18H18F2N2O4. The summed E-state index contributed by atoms with van der Waals surface area (Å²) in [7, 11) is 0. The zero-order valence-corrected chi connectivity index (χ0v) is 13.9. The lowest BCUT2D eigenvalue weighted by Gasteiger charge is -2.18. The summed E-state index contributed by atoms with van der Waals surface area (Å²) in [6.07, 6.45) is 5.39. The van der Waals surface area contributed by atoms with E-state index >= 15 is 0 Å². The quantitative estimate of drug-likeness (QED) is 0.848. The molecule has 0 radical (unpaired) electrons. The van der Waals surface area contributed by atoms with Gasteiger partial charge in [-0.3, -0.25) is 4.79 Å². The van der Waals surface area contributed by atoms with Gasteiger partial charge in [-0.05, 0) is 24.5 Å². The summed E-state index contributed by atoms with van der Waals surface area (Å²) in [6, 6.07) is 3.13. The van der Waals surface area contributed by atoms with Crippen molar-refractivity contribution in [2.45, 2.75) is 38.1 Å². The van der Waals surface area contributed by atoms with Crippen LogP contribution >= 0.6 is 0 Å². The van der Waals surface area contributed by atoms with Crippen molar-refractivity contribution in [2.24, 2.45) is 5.92 Å². The number of hydrogen-bond acceptors (Lipinski definition) is 4. The second-order valence-electron chi connectivity index (χ2n) is 6.37. The Morgan fingerprint density at radius 1 is 1.31 bits per heavy atom. The second-order valence-corrected chi connectivity index (χ2v) is 6.37. The summed E-state index contributed by atoms with van der Waals surface area (Å²) in [5, 5.41) is 13.3. The van der Waals surface area contributed by atoms with E-state index in [2.05, 4.69) is 5.10 Å². The molecule has 3 rings (SSSR count). The average Bonchev–Trinajstić information content (AvgIpc) is 3.10. The molecule has 1 heterocycles. The molecule has 1 aliphatic carbocycles. The zero-order valence-electron chi connectivity index (χ0n) is 13.9. The minimum atomic E-state index is -1.14. The summed E-state index contributed by atoms with van der Waals surface area (Å²) >= 11 is 0. The second kappa shape index (κ2) is 7.63. The van der Waals surface area contributed by atoms with E-state index in [9.17, 15) is 23.5 Å². The monoisotopic (exact) mass is 364 g/mol. The molecule has 0 saturated heterocycles. The number of ether oxygens (including phenoxy) is 1. The van der Waals surface area contributed by atoms with Gasteiger partial charge in [-0.25, -0.2) is 18.3 Å². The van der Waals surface area contributed by atoms with Crippen LogP contribution in [0, 0.1) is 17.6 Å². The first-order valence-corrected chi connectivity index (χ1v) is 8.39. The molecule has 1 aromatic carbocycles. The predicted octanol–water partition coefficient (Wildman–Crippen LogP) is 3.52. The van der Waals surface area contributed by atoms with Crippen molar-refractivity contribution in [1.82, 2.24) is 9.78 Å². The molecule has 26 heavy (non-hydrogen) atoms. The van der Waals surface area contributed by atoms with Gasteiger partial charge >= 0.3 is 5.97 Å². The molecule has 6 nitrogen and oxygen atoms in total. The van der Waals surface area contributed by atoms with Crippen molar-refractivity contribution in [2.75, 3.05) is 0 Å². The molecule has 138 valence electrons. The number of halogens is 2. The first kappa shape index (κ1) is 18.0. The maximum Gasteiger partial charge on any atom is 0.328 e. The van der Waals surface area contributed by atoms with Crippen LogP contribution in [0.5, 0.6) is 11.5 Å². The fourth-order valence-corrected chi connectivity index (χ4v) is 3.26. The van der Waals surface area contributed by atoms with Crippen LogP contribution in [-0.2, 0) is 4.79 Å². The molecule has 1 fully saturated rings. The molecule has 0 amide bonds. The Morgan fingerprint density at radius 3 is 2.54 bits per heavy atom. The maximum absolute atomic E-state index is 13.6. The standard InChI is InChI=1S/C18H18F2N2O4/c19-13-6-3-7-14(20)17(13)26-12-9-16(23)22(21-10-12)15(18(24)25)8-11-4-1-2-5-11/h3,6-7,9-11,15H,1-2,4-5,8H2,(H,24,25). The van der Waals surface area contributed by atoms with E-state index in [1.165, 1.54) is 6.07 Å². The number of hydrogen-bond donors (Lipinski definition) is 1. The SMILES string of the molecule is O=C(O)C(CC1CCCC1)n1ncc(Oc2c(F)cccc2F)cc1=O. The molecule has 1 aliphatic rings. The lowest BCUT2D eigenvalue weighted by molar-refractivity contribution is -0.142. The molecule has 8 heteroatoms. The van der Waals surface area contributed by atoms with E-state index < -0.39 is 35.0 Å². The fraction of sp³-hybridized carbons (Fsp3) is 0.389. The molecule has 1 N–H and O–H groups in total. The van der Waals surface area contributed by atoms with Crippen molar-refractivity contribution in [3.63, 3.8) is 0 Å². The average molecular weight is 364 g/mol. The third-order valence-corrected chi connectivity index (χ3v) is 4.55. The number of rotatable bonds is 6. The minimum absolute atomic E-state index is 0.166. The first-order chi connectivity index (χ1) is 12.5. The third-order valence-electron chi connectivity index (χ3n) is 4.55. The Morgan fingerprint density at radius 2 is 1.96 bits per heavy atom. The number of nitrogens with zero attached hydrogens (tertiary/aromatic N) is 2. The van der Waals surface area contributed by atoms with Crippen LogP contribution in [0.15, 0.2) is 35.3 Å². The molecule has 0 aliphatic heterocycles. The van der Waals surface area contributed by atoms with Gasteiger partial charge in [-0.1, -0.05) is 31.7 Å². The molecule has 1 aromatic heterocycles. The van der Waals surface area contributed by atoms with Crippen molar-refractivity contribution in [1.29, 1.82) is 0 Å². The number of carbonyl (C=O) groups is 1. The number of para-hydroxylation sites is 1. The van der Waals surface area contributed by atoms with E-state index in [-0.39, 0.29) is 11.7 Å². The number of aliphatic carboxylic acids is 1. The van der Waals surface area contributed by atoms with E-state index in [0.29, 0.717) is 6.42 Å². The normalized spacial score (nSPS) is 15.8. The summed E-state index contributed by atoms with van der Waals surface area (Å²) in [4.78, 5) is 23.9. The summed E-state index contributed by atoms with van der Waals surface area (Å²) in [5.41, 5.74) is -0.704.